The van der Waals surface area contributed by atoms with Crippen molar-refractivity contribution >= 4 is 22.8 Å². The molecular weight excluding hydrogens is 427 g/mol. The van der Waals surface area contributed by atoms with Gasteiger partial charge in [-0.05, 0) is 37.0 Å². The predicted molar refractivity (Wildman–Crippen MR) is 111 cm³/mol. The van der Waals surface area contributed by atoms with Gasteiger partial charge in [-0.15, -0.1) is 13.2 Å². The lowest BCUT2D eigenvalue weighted by Crippen LogP contribution is -2.46. The Morgan fingerprint density at radius 3 is 2.47 bits per heavy atom. The van der Waals surface area contributed by atoms with Gasteiger partial charge >= 0.3 is 12.3 Å². The number of carboxylic acids is 1. The van der Waals surface area contributed by atoms with E-state index in [1.807, 2.05) is 30.3 Å². The third-order valence-corrected chi connectivity index (χ3v) is 5.76. The molecule has 4 rings (SSSR count). The molecule has 7 nitrogen and oxygen atoms in total. The predicted octanol–water partition coefficient (Wildman–Crippen LogP) is 3.74. The molecule has 2 N–H and O–H groups in total. The zero-order chi connectivity index (χ0) is 22.9. The number of halogens is 3. The van der Waals surface area contributed by atoms with E-state index in [4.69, 9.17) is 0 Å². The highest BCUT2D eigenvalue weighted by Crippen LogP contribution is 2.36. The Hall–Kier alpha value is -3.56. The normalized spacial score (nSPS) is 16.2. The average Bonchev–Trinajstić information content (AvgIpc) is 2.73. The number of aromatic amines is 1. The van der Waals surface area contributed by atoms with Crippen LogP contribution in [0.2, 0.25) is 0 Å². The fourth-order valence-corrected chi connectivity index (χ4v) is 4.05. The SMILES string of the molecule is O=C(O)C1(Cc2ccccc2)CCN(c2nc3cc(OC(F)(F)F)ccc3c(=O)[nH]2)CC1. The van der Waals surface area contributed by atoms with Crippen LogP contribution in [0.1, 0.15) is 18.4 Å². The van der Waals surface area contributed by atoms with Crippen LogP contribution < -0.4 is 15.2 Å². The zero-order valence-corrected chi connectivity index (χ0v) is 16.9. The summed E-state index contributed by atoms with van der Waals surface area (Å²) in [5.41, 5.74) is -0.450. The number of hydrogen-bond acceptors (Lipinski definition) is 5. The maximum absolute atomic E-state index is 12.5. The molecule has 32 heavy (non-hydrogen) atoms. The number of nitrogens with zero attached hydrogens (tertiary/aromatic N) is 2. The van der Waals surface area contributed by atoms with Crippen molar-refractivity contribution < 1.29 is 27.8 Å². The van der Waals surface area contributed by atoms with Crippen molar-refractivity contribution in [2.45, 2.75) is 25.6 Å². The van der Waals surface area contributed by atoms with Crippen LogP contribution in [0, 0.1) is 5.41 Å². The molecule has 0 amide bonds. The van der Waals surface area contributed by atoms with Gasteiger partial charge in [0.25, 0.3) is 5.56 Å². The second-order valence-corrected chi connectivity index (χ2v) is 7.85. The number of nitrogens with one attached hydrogen (secondary N) is 1. The number of carboxylic acid groups (broad SMARTS) is 1. The van der Waals surface area contributed by atoms with Crippen LogP contribution in [-0.2, 0) is 11.2 Å². The van der Waals surface area contributed by atoms with E-state index in [2.05, 4.69) is 14.7 Å². The molecule has 0 spiro atoms. The standard InChI is InChI=1S/C22H20F3N3O4/c23-22(24,25)32-15-6-7-16-17(12-15)26-20(27-18(16)29)28-10-8-21(9-11-28,19(30)31)13-14-4-2-1-3-5-14/h1-7,12H,8-11,13H2,(H,30,31)(H,26,27,29). The Kier molecular flexibility index (Phi) is 5.53. The zero-order valence-electron chi connectivity index (χ0n) is 16.9. The van der Waals surface area contributed by atoms with Crippen molar-refractivity contribution in [2.24, 2.45) is 5.41 Å². The van der Waals surface area contributed by atoms with E-state index in [0.29, 0.717) is 32.4 Å². The molecular formula is C22H20F3N3O4. The lowest BCUT2D eigenvalue weighted by Gasteiger charge is -2.39. The van der Waals surface area contributed by atoms with Crippen molar-refractivity contribution in [3.63, 3.8) is 0 Å². The number of piperidine rings is 1. The molecule has 0 saturated carbocycles. The van der Waals surface area contributed by atoms with Crippen molar-refractivity contribution in [3.8, 4) is 5.75 Å². The van der Waals surface area contributed by atoms with E-state index in [-0.39, 0.29) is 16.9 Å². The fraction of sp³-hybridized carbons (Fsp3) is 0.318. The second-order valence-electron chi connectivity index (χ2n) is 7.85. The minimum atomic E-state index is -4.86. The van der Waals surface area contributed by atoms with E-state index < -0.39 is 29.1 Å². The molecule has 0 atom stereocenters. The summed E-state index contributed by atoms with van der Waals surface area (Å²) in [7, 11) is 0. The van der Waals surface area contributed by atoms with Crippen LogP contribution in [-0.4, -0.2) is 40.5 Å². The molecule has 1 aliphatic heterocycles. The molecule has 1 fully saturated rings. The first-order valence-corrected chi connectivity index (χ1v) is 9.97. The maximum Gasteiger partial charge on any atom is 0.573 e. The average molecular weight is 447 g/mol. The molecule has 3 aromatic rings. The Bertz CT molecular complexity index is 1190. The number of hydrogen-bond donors (Lipinski definition) is 2. The highest BCUT2D eigenvalue weighted by molar-refractivity contribution is 5.80. The number of alkyl halides is 3. The van der Waals surface area contributed by atoms with Crippen LogP contribution in [0.3, 0.4) is 0 Å². The molecule has 1 aliphatic rings. The first-order valence-electron chi connectivity index (χ1n) is 9.97. The maximum atomic E-state index is 12.5. The van der Waals surface area contributed by atoms with Gasteiger partial charge in [-0.3, -0.25) is 14.6 Å². The number of benzene rings is 2. The number of carbonyl (C=O) groups is 1. The van der Waals surface area contributed by atoms with E-state index in [0.717, 1.165) is 17.7 Å². The van der Waals surface area contributed by atoms with Crippen LogP contribution in [0.25, 0.3) is 10.9 Å². The summed E-state index contributed by atoms with van der Waals surface area (Å²) in [6.45, 7) is 0.651. The summed E-state index contributed by atoms with van der Waals surface area (Å²) in [6.07, 6.45) is -3.81. The Morgan fingerprint density at radius 1 is 1.16 bits per heavy atom. The number of fused-ring (bicyclic) bond motifs is 1. The number of anilines is 1. The molecule has 0 bridgehead atoms. The molecule has 168 valence electrons. The van der Waals surface area contributed by atoms with Gasteiger partial charge in [0.2, 0.25) is 5.95 Å². The van der Waals surface area contributed by atoms with Crippen molar-refractivity contribution in [2.75, 3.05) is 18.0 Å². The quantitative estimate of drug-likeness (QED) is 0.619. The molecule has 1 saturated heterocycles. The summed E-state index contributed by atoms with van der Waals surface area (Å²) in [4.78, 5) is 33.2. The minimum absolute atomic E-state index is 0.0601. The van der Waals surface area contributed by atoms with Crippen molar-refractivity contribution in [3.05, 3.63) is 64.4 Å². The van der Waals surface area contributed by atoms with Gasteiger partial charge in [0, 0.05) is 19.2 Å². The number of rotatable bonds is 5. The smallest absolute Gasteiger partial charge is 0.481 e. The van der Waals surface area contributed by atoms with Crippen LogP contribution in [0.15, 0.2) is 53.3 Å². The number of ether oxygens (including phenoxy) is 1. The van der Waals surface area contributed by atoms with Crippen LogP contribution in [0.5, 0.6) is 5.75 Å². The highest BCUT2D eigenvalue weighted by Gasteiger charge is 2.42. The first-order chi connectivity index (χ1) is 15.2. The van der Waals surface area contributed by atoms with Gasteiger partial charge in [0.1, 0.15) is 5.75 Å². The second kappa shape index (κ2) is 8.18. The Labute approximate surface area is 180 Å². The lowest BCUT2D eigenvalue weighted by atomic mass is 9.74. The van der Waals surface area contributed by atoms with E-state index >= 15 is 0 Å². The topological polar surface area (TPSA) is 95.5 Å². The lowest BCUT2D eigenvalue weighted by molar-refractivity contribution is -0.274. The highest BCUT2D eigenvalue weighted by atomic mass is 19.4. The summed E-state index contributed by atoms with van der Waals surface area (Å²) in [5, 5.41) is 10.0. The van der Waals surface area contributed by atoms with Gasteiger partial charge in [-0.25, -0.2) is 4.98 Å². The van der Waals surface area contributed by atoms with Gasteiger partial charge < -0.3 is 14.7 Å². The third-order valence-electron chi connectivity index (χ3n) is 5.76. The molecule has 2 heterocycles. The summed E-state index contributed by atoms with van der Waals surface area (Å²) >= 11 is 0. The van der Waals surface area contributed by atoms with Crippen LogP contribution in [0.4, 0.5) is 19.1 Å². The fourth-order valence-electron chi connectivity index (χ4n) is 4.05. The van der Waals surface area contributed by atoms with Gasteiger partial charge in [0.15, 0.2) is 0 Å². The molecule has 2 aromatic carbocycles. The summed E-state index contributed by atoms with van der Waals surface area (Å²) in [6, 6.07) is 12.7. The molecule has 0 radical (unpaired) electrons. The van der Waals surface area contributed by atoms with Crippen molar-refractivity contribution in [1.82, 2.24) is 9.97 Å². The number of H-pyrrole nitrogens is 1. The van der Waals surface area contributed by atoms with Crippen LogP contribution >= 0.6 is 0 Å². The molecule has 0 aliphatic carbocycles. The Balaban J connectivity index is 1.57. The third kappa shape index (κ3) is 4.53. The first kappa shape index (κ1) is 21.7. The van der Waals surface area contributed by atoms with Gasteiger partial charge in [-0.2, -0.15) is 0 Å². The summed E-state index contributed by atoms with van der Waals surface area (Å²) < 4.78 is 41.5. The molecule has 10 heteroatoms. The molecule has 1 aromatic heterocycles. The van der Waals surface area contributed by atoms with E-state index in [1.54, 1.807) is 4.90 Å². The number of aromatic nitrogens is 2. The summed E-state index contributed by atoms with van der Waals surface area (Å²) in [5.74, 6) is -1.17. The molecule has 0 unspecified atom stereocenters. The van der Waals surface area contributed by atoms with E-state index in [1.165, 1.54) is 6.07 Å². The van der Waals surface area contributed by atoms with E-state index in [9.17, 15) is 27.9 Å². The van der Waals surface area contributed by atoms with Gasteiger partial charge in [0.05, 0.1) is 16.3 Å². The van der Waals surface area contributed by atoms with Crippen molar-refractivity contribution in [1.29, 1.82) is 0 Å². The largest absolute Gasteiger partial charge is 0.573 e. The number of aliphatic carboxylic acids is 1. The monoisotopic (exact) mass is 447 g/mol. The van der Waals surface area contributed by atoms with Gasteiger partial charge in [-0.1, -0.05) is 30.3 Å². The Morgan fingerprint density at radius 2 is 1.84 bits per heavy atom. The minimum Gasteiger partial charge on any atom is -0.481 e.